The van der Waals surface area contributed by atoms with Crippen LogP contribution < -0.4 is 10.1 Å². The Bertz CT molecular complexity index is 686. The standard InChI is InChI=1S/C23H35N3O3.HI/c1-24-23(25-11-7-18-5-6-22-19(16-18)10-15-28-22)26-12-8-20(9-13-26)29-17-21-4-2-3-14-27-21;/h5-6,16,20-21H,2-4,7-15,17H2,1H3,(H,24,25);1H. The van der Waals surface area contributed by atoms with Gasteiger partial charge in [-0.3, -0.25) is 4.99 Å². The van der Waals surface area contributed by atoms with Gasteiger partial charge in [0.15, 0.2) is 5.96 Å². The molecule has 3 aliphatic heterocycles. The van der Waals surface area contributed by atoms with Gasteiger partial charge in [0.1, 0.15) is 5.75 Å². The summed E-state index contributed by atoms with van der Waals surface area (Å²) in [5, 5.41) is 3.54. The number of ether oxygens (including phenoxy) is 3. The molecule has 2 fully saturated rings. The zero-order valence-corrected chi connectivity index (χ0v) is 20.4. The number of rotatable bonds is 6. The smallest absolute Gasteiger partial charge is 0.193 e. The largest absolute Gasteiger partial charge is 0.493 e. The molecular formula is C23H36IN3O3. The molecule has 0 radical (unpaired) electrons. The van der Waals surface area contributed by atoms with Gasteiger partial charge in [-0.15, -0.1) is 24.0 Å². The van der Waals surface area contributed by atoms with E-state index in [4.69, 9.17) is 14.2 Å². The van der Waals surface area contributed by atoms with Crippen molar-refractivity contribution < 1.29 is 14.2 Å². The van der Waals surface area contributed by atoms with Crippen molar-refractivity contribution in [3.05, 3.63) is 29.3 Å². The number of nitrogens with zero attached hydrogens (tertiary/aromatic N) is 2. The molecular weight excluding hydrogens is 493 g/mol. The molecule has 1 unspecified atom stereocenters. The molecule has 0 bridgehead atoms. The second-order valence-corrected chi connectivity index (χ2v) is 8.27. The van der Waals surface area contributed by atoms with Crippen molar-refractivity contribution in [2.24, 2.45) is 4.99 Å². The van der Waals surface area contributed by atoms with E-state index in [0.29, 0.717) is 12.2 Å². The van der Waals surface area contributed by atoms with Crippen molar-refractivity contribution in [2.45, 2.75) is 57.2 Å². The van der Waals surface area contributed by atoms with Crippen LogP contribution >= 0.6 is 24.0 Å². The lowest BCUT2D eigenvalue weighted by Crippen LogP contribution is -2.47. The number of aliphatic imine (C=N–C) groups is 1. The summed E-state index contributed by atoms with van der Waals surface area (Å²) in [6.45, 7) is 5.34. The molecule has 0 aromatic heterocycles. The molecule has 0 spiro atoms. The molecule has 30 heavy (non-hydrogen) atoms. The van der Waals surface area contributed by atoms with E-state index in [1.165, 1.54) is 24.0 Å². The van der Waals surface area contributed by atoms with Crippen LogP contribution in [0, 0.1) is 0 Å². The van der Waals surface area contributed by atoms with Gasteiger partial charge in [-0.25, -0.2) is 0 Å². The third kappa shape index (κ3) is 6.47. The van der Waals surface area contributed by atoms with Gasteiger partial charge in [0.2, 0.25) is 0 Å². The summed E-state index contributed by atoms with van der Waals surface area (Å²) in [4.78, 5) is 6.85. The van der Waals surface area contributed by atoms with Gasteiger partial charge >= 0.3 is 0 Å². The summed E-state index contributed by atoms with van der Waals surface area (Å²) in [6.07, 6.45) is 8.40. The van der Waals surface area contributed by atoms with Crippen LogP contribution in [0.3, 0.4) is 0 Å². The Morgan fingerprint density at radius 1 is 1.20 bits per heavy atom. The van der Waals surface area contributed by atoms with Crippen molar-refractivity contribution in [3.63, 3.8) is 0 Å². The number of halogens is 1. The number of fused-ring (bicyclic) bond motifs is 1. The fraction of sp³-hybridized carbons (Fsp3) is 0.696. The van der Waals surface area contributed by atoms with E-state index in [0.717, 1.165) is 83.3 Å². The second kappa shape index (κ2) is 12.1. The van der Waals surface area contributed by atoms with E-state index in [1.807, 2.05) is 7.05 Å². The highest BCUT2D eigenvalue weighted by molar-refractivity contribution is 14.0. The number of guanidine groups is 1. The Balaban J connectivity index is 0.00000256. The van der Waals surface area contributed by atoms with Gasteiger partial charge < -0.3 is 24.4 Å². The molecule has 2 saturated heterocycles. The van der Waals surface area contributed by atoms with Crippen LogP contribution in [-0.4, -0.2) is 69.6 Å². The number of likely N-dealkylation sites (tertiary alicyclic amines) is 1. The van der Waals surface area contributed by atoms with Gasteiger partial charge in [0.05, 0.1) is 25.4 Å². The quantitative estimate of drug-likeness (QED) is 0.348. The van der Waals surface area contributed by atoms with E-state index in [1.54, 1.807) is 0 Å². The van der Waals surface area contributed by atoms with Crippen LogP contribution in [-0.2, 0) is 22.3 Å². The van der Waals surface area contributed by atoms with E-state index >= 15 is 0 Å². The van der Waals surface area contributed by atoms with Crippen LogP contribution in [0.5, 0.6) is 5.75 Å². The Labute approximate surface area is 197 Å². The van der Waals surface area contributed by atoms with Gasteiger partial charge in [-0.05, 0) is 55.7 Å². The zero-order valence-electron chi connectivity index (χ0n) is 18.1. The van der Waals surface area contributed by atoms with Gasteiger partial charge in [-0.1, -0.05) is 12.1 Å². The van der Waals surface area contributed by atoms with Crippen molar-refractivity contribution >= 4 is 29.9 Å². The predicted molar refractivity (Wildman–Crippen MR) is 130 cm³/mol. The number of benzene rings is 1. The fourth-order valence-corrected chi connectivity index (χ4v) is 4.46. The summed E-state index contributed by atoms with van der Waals surface area (Å²) >= 11 is 0. The Morgan fingerprint density at radius 2 is 2.07 bits per heavy atom. The summed E-state index contributed by atoms with van der Waals surface area (Å²) in [5.41, 5.74) is 2.70. The zero-order chi connectivity index (χ0) is 19.9. The molecule has 0 amide bonds. The molecule has 3 heterocycles. The highest BCUT2D eigenvalue weighted by atomic mass is 127. The molecule has 3 aliphatic rings. The SMILES string of the molecule is CN=C(NCCc1ccc2c(c1)CCO2)N1CCC(OCC2CCCCO2)CC1.I. The van der Waals surface area contributed by atoms with Crippen LogP contribution in [0.25, 0.3) is 0 Å². The van der Waals surface area contributed by atoms with Crippen LogP contribution in [0.15, 0.2) is 23.2 Å². The van der Waals surface area contributed by atoms with Crippen molar-refractivity contribution in [1.82, 2.24) is 10.2 Å². The molecule has 0 saturated carbocycles. The minimum atomic E-state index is 0. The van der Waals surface area contributed by atoms with Crippen LogP contribution in [0.1, 0.15) is 43.2 Å². The normalized spacial score (nSPS) is 22.2. The van der Waals surface area contributed by atoms with Crippen LogP contribution in [0.2, 0.25) is 0 Å². The molecule has 1 atom stereocenters. The van der Waals surface area contributed by atoms with Crippen molar-refractivity contribution in [1.29, 1.82) is 0 Å². The first-order valence-corrected chi connectivity index (χ1v) is 11.3. The average Bonchev–Trinajstić information content (AvgIpc) is 3.24. The van der Waals surface area contributed by atoms with E-state index in [9.17, 15) is 0 Å². The monoisotopic (exact) mass is 529 g/mol. The van der Waals surface area contributed by atoms with Crippen molar-refractivity contribution in [2.75, 3.05) is 46.5 Å². The number of nitrogens with one attached hydrogen (secondary N) is 1. The van der Waals surface area contributed by atoms with Crippen molar-refractivity contribution in [3.8, 4) is 5.75 Å². The number of piperidine rings is 1. The summed E-state index contributed by atoms with van der Waals surface area (Å²) < 4.78 is 17.5. The van der Waals surface area contributed by atoms with Gasteiger partial charge in [-0.2, -0.15) is 0 Å². The average molecular weight is 529 g/mol. The fourth-order valence-electron chi connectivity index (χ4n) is 4.46. The third-order valence-corrected chi connectivity index (χ3v) is 6.20. The molecule has 0 aliphatic carbocycles. The lowest BCUT2D eigenvalue weighted by atomic mass is 10.1. The highest BCUT2D eigenvalue weighted by Gasteiger charge is 2.23. The maximum absolute atomic E-state index is 6.14. The van der Waals surface area contributed by atoms with Crippen LogP contribution in [0.4, 0.5) is 0 Å². The molecule has 168 valence electrons. The Kier molecular flexibility index (Phi) is 9.52. The molecule has 1 N–H and O–H groups in total. The summed E-state index contributed by atoms with van der Waals surface area (Å²) in [5.74, 6) is 2.06. The Hall–Kier alpha value is -1.06. The summed E-state index contributed by atoms with van der Waals surface area (Å²) in [7, 11) is 1.87. The minimum Gasteiger partial charge on any atom is -0.493 e. The summed E-state index contributed by atoms with van der Waals surface area (Å²) in [6, 6.07) is 6.56. The molecule has 7 heteroatoms. The van der Waals surface area contributed by atoms with Gasteiger partial charge in [0, 0.05) is 39.7 Å². The van der Waals surface area contributed by atoms with E-state index < -0.39 is 0 Å². The highest BCUT2D eigenvalue weighted by Crippen LogP contribution is 2.26. The maximum Gasteiger partial charge on any atom is 0.193 e. The first kappa shape index (κ1) is 23.6. The lowest BCUT2D eigenvalue weighted by molar-refractivity contribution is -0.0721. The first-order valence-electron chi connectivity index (χ1n) is 11.3. The topological polar surface area (TPSA) is 55.3 Å². The molecule has 6 nitrogen and oxygen atoms in total. The minimum absolute atomic E-state index is 0. The second-order valence-electron chi connectivity index (χ2n) is 8.27. The molecule has 1 aromatic carbocycles. The first-order chi connectivity index (χ1) is 14.3. The van der Waals surface area contributed by atoms with E-state index in [-0.39, 0.29) is 24.0 Å². The Morgan fingerprint density at radius 3 is 2.83 bits per heavy atom. The lowest BCUT2D eigenvalue weighted by Gasteiger charge is -2.35. The number of hydrogen-bond donors (Lipinski definition) is 1. The predicted octanol–water partition coefficient (Wildman–Crippen LogP) is 3.41. The van der Waals surface area contributed by atoms with E-state index in [2.05, 4.69) is 33.4 Å². The maximum atomic E-state index is 6.14. The molecule has 1 aromatic rings. The number of hydrogen-bond acceptors (Lipinski definition) is 4. The van der Waals surface area contributed by atoms with Gasteiger partial charge in [0.25, 0.3) is 0 Å². The third-order valence-electron chi connectivity index (χ3n) is 6.20. The molecule has 4 rings (SSSR count).